The van der Waals surface area contributed by atoms with E-state index in [4.69, 9.17) is 26.9 Å². The van der Waals surface area contributed by atoms with Gasteiger partial charge in [0.25, 0.3) is 0 Å². The zero-order valence-electron chi connectivity index (χ0n) is 12.7. The van der Waals surface area contributed by atoms with Gasteiger partial charge in [-0.3, -0.25) is 0 Å². The number of oxime groups is 1. The first kappa shape index (κ1) is 16.8. The molecule has 0 saturated carbocycles. The molecule has 0 radical (unpaired) electrons. The molecule has 0 saturated heterocycles. The van der Waals surface area contributed by atoms with E-state index in [-0.39, 0.29) is 5.84 Å². The zero-order valence-corrected chi connectivity index (χ0v) is 13.4. The van der Waals surface area contributed by atoms with Crippen molar-refractivity contribution in [3.05, 3.63) is 64.7 Å². The van der Waals surface area contributed by atoms with Crippen molar-refractivity contribution >= 4 is 23.4 Å². The largest absolute Gasteiger partial charge is 0.494 e. The van der Waals surface area contributed by atoms with Gasteiger partial charge in [-0.25, -0.2) is 4.79 Å². The molecule has 0 aliphatic rings. The molecule has 5 nitrogen and oxygen atoms in total. The number of amidine groups is 1. The fourth-order valence-electron chi connectivity index (χ4n) is 1.72. The normalized spacial score (nSPS) is 11.1. The van der Waals surface area contributed by atoms with Crippen molar-refractivity contribution in [3.63, 3.8) is 0 Å². The van der Waals surface area contributed by atoms with Crippen molar-refractivity contribution in [2.75, 3.05) is 6.61 Å². The van der Waals surface area contributed by atoms with E-state index in [0.29, 0.717) is 28.5 Å². The number of halogens is 1. The second kappa shape index (κ2) is 8.19. The Kier molecular flexibility index (Phi) is 6.00. The lowest BCUT2D eigenvalue weighted by molar-refractivity contribution is 0.0516. The van der Waals surface area contributed by atoms with Crippen LogP contribution in [0, 0.1) is 0 Å². The number of hydrogen-bond acceptors (Lipinski definition) is 4. The molecule has 0 atom stereocenters. The van der Waals surface area contributed by atoms with E-state index in [1.165, 1.54) is 0 Å². The van der Waals surface area contributed by atoms with Gasteiger partial charge in [0.05, 0.1) is 12.2 Å². The Balaban J connectivity index is 1.98. The lowest BCUT2D eigenvalue weighted by atomic mass is 10.2. The Hall–Kier alpha value is -2.53. The van der Waals surface area contributed by atoms with Crippen LogP contribution in [0.2, 0.25) is 5.02 Å². The molecular formula is C17H17ClN2O3. The Morgan fingerprint density at radius 1 is 1.09 bits per heavy atom. The first-order valence-corrected chi connectivity index (χ1v) is 7.51. The molecule has 0 amide bonds. The van der Waals surface area contributed by atoms with Gasteiger partial charge in [-0.2, -0.15) is 0 Å². The predicted octanol–water partition coefficient (Wildman–Crippen LogP) is 3.61. The quantitative estimate of drug-likeness (QED) is 0.379. The van der Waals surface area contributed by atoms with E-state index < -0.39 is 5.97 Å². The van der Waals surface area contributed by atoms with E-state index in [1.54, 1.807) is 48.5 Å². The van der Waals surface area contributed by atoms with Crippen molar-refractivity contribution in [1.29, 1.82) is 0 Å². The van der Waals surface area contributed by atoms with Gasteiger partial charge >= 0.3 is 5.97 Å². The molecule has 2 rings (SSSR count). The van der Waals surface area contributed by atoms with Crippen molar-refractivity contribution in [2.24, 2.45) is 10.9 Å². The highest BCUT2D eigenvalue weighted by Gasteiger charge is 2.08. The van der Waals surface area contributed by atoms with Crippen LogP contribution in [0.3, 0.4) is 0 Å². The minimum atomic E-state index is -0.594. The summed E-state index contributed by atoms with van der Waals surface area (Å²) in [5.41, 5.74) is 6.74. The van der Waals surface area contributed by atoms with Crippen LogP contribution in [0.1, 0.15) is 29.3 Å². The molecule has 0 fully saturated rings. The van der Waals surface area contributed by atoms with Crippen LogP contribution in [0.25, 0.3) is 0 Å². The number of nitrogens with zero attached hydrogens (tertiary/aromatic N) is 1. The van der Waals surface area contributed by atoms with E-state index >= 15 is 0 Å². The van der Waals surface area contributed by atoms with Gasteiger partial charge in [0.1, 0.15) is 5.75 Å². The third-order valence-corrected chi connectivity index (χ3v) is 3.18. The Labute approximate surface area is 139 Å². The molecule has 6 heteroatoms. The molecule has 0 bridgehead atoms. The summed E-state index contributed by atoms with van der Waals surface area (Å²) in [7, 11) is 0. The van der Waals surface area contributed by atoms with Crippen molar-refractivity contribution in [3.8, 4) is 5.75 Å². The number of hydrogen-bond donors (Lipinski definition) is 1. The topological polar surface area (TPSA) is 73.9 Å². The summed E-state index contributed by atoms with van der Waals surface area (Å²) in [6, 6.07) is 13.4. The fraction of sp³-hybridized carbons (Fsp3) is 0.176. The highest BCUT2D eigenvalue weighted by molar-refractivity contribution is 6.30. The van der Waals surface area contributed by atoms with E-state index in [0.717, 1.165) is 6.42 Å². The van der Waals surface area contributed by atoms with Crippen LogP contribution in [0.15, 0.2) is 53.7 Å². The highest BCUT2D eigenvalue weighted by atomic mass is 35.5. The first-order chi connectivity index (χ1) is 11.1. The molecule has 0 aliphatic heterocycles. The first-order valence-electron chi connectivity index (χ1n) is 7.13. The summed E-state index contributed by atoms with van der Waals surface area (Å²) in [5, 5.41) is 4.23. The van der Waals surface area contributed by atoms with E-state index in [9.17, 15) is 4.79 Å². The number of rotatable bonds is 6. The second-order valence-corrected chi connectivity index (χ2v) is 5.17. The van der Waals surface area contributed by atoms with Crippen molar-refractivity contribution < 1.29 is 14.4 Å². The SMILES string of the molecule is CCCOc1ccc(C(=O)O/N=C(/N)c2ccc(Cl)cc2)cc1. The average Bonchev–Trinajstić information content (AvgIpc) is 2.58. The van der Waals surface area contributed by atoms with Crippen LogP contribution >= 0.6 is 11.6 Å². The summed E-state index contributed by atoms with van der Waals surface area (Å²) in [6.45, 7) is 2.65. The van der Waals surface area contributed by atoms with Crippen LogP contribution in [-0.2, 0) is 4.84 Å². The van der Waals surface area contributed by atoms with E-state index in [2.05, 4.69) is 5.16 Å². The molecule has 120 valence electrons. The minimum Gasteiger partial charge on any atom is -0.494 e. The monoisotopic (exact) mass is 332 g/mol. The molecule has 0 aromatic heterocycles. The summed E-state index contributed by atoms with van der Waals surface area (Å²) in [5.74, 6) is 0.203. The molecule has 2 N–H and O–H groups in total. The number of benzene rings is 2. The zero-order chi connectivity index (χ0) is 16.7. The van der Waals surface area contributed by atoms with Gasteiger partial charge in [-0.1, -0.05) is 23.7 Å². The van der Waals surface area contributed by atoms with Gasteiger partial charge in [-0.15, -0.1) is 0 Å². The molecule has 0 spiro atoms. The third-order valence-electron chi connectivity index (χ3n) is 2.93. The van der Waals surface area contributed by atoms with Gasteiger partial charge in [0.15, 0.2) is 5.84 Å². The smallest absolute Gasteiger partial charge is 0.365 e. The van der Waals surface area contributed by atoms with Crippen molar-refractivity contribution in [2.45, 2.75) is 13.3 Å². The Morgan fingerprint density at radius 3 is 2.30 bits per heavy atom. The van der Waals surface area contributed by atoms with Crippen molar-refractivity contribution in [1.82, 2.24) is 0 Å². The third kappa shape index (κ3) is 5.00. The molecule has 0 heterocycles. The summed E-state index contributed by atoms with van der Waals surface area (Å²) < 4.78 is 5.45. The Bertz CT molecular complexity index is 682. The fourth-order valence-corrected chi connectivity index (χ4v) is 1.85. The minimum absolute atomic E-state index is 0.0953. The van der Waals surface area contributed by atoms with E-state index in [1.807, 2.05) is 6.92 Å². The maximum Gasteiger partial charge on any atom is 0.365 e. The van der Waals surface area contributed by atoms with Crippen LogP contribution in [0.5, 0.6) is 5.75 Å². The molecule has 2 aromatic rings. The average molecular weight is 333 g/mol. The van der Waals surface area contributed by atoms with Gasteiger partial charge in [-0.05, 0) is 55.0 Å². The highest BCUT2D eigenvalue weighted by Crippen LogP contribution is 2.14. The summed E-state index contributed by atoms with van der Waals surface area (Å²) in [6.07, 6.45) is 0.919. The molecular weight excluding hydrogens is 316 g/mol. The number of nitrogens with two attached hydrogens (primary N) is 1. The summed E-state index contributed by atoms with van der Waals surface area (Å²) in [4.78, 5) is 16.8. The molecule has 0 aliphatic carbocycles. The predicted molar refractivity (Wildman–Crippen MR) is 89.8 cm³/mol. The maximum atomic E-state index is 11.9. The lowest BCUT2D eigenvalue weighted by Gasteiger charge is -2.05. The van der Waals surface area contributed by atoms with Crippen LogP contribution < -0.4 is 10.5 Å². The molecule has 23 heavy (non-hydrogen) atoms. The van der Waals surface area contributed by atoms with Gasteiger partial charge in [0.2, 0.25) is 0 Å². The van der Waals surface area contributed by atoms with Gasteiger partial charge in [0, 0.05) is 10.6 Å². The number of carbonyl (C=O) groups is 1. The maximum absolute atomic E-state index is 11.9. The number of carbonyl (C=O) groups excluding carboxylic acids is 1. The summed E-state index contributed by atoms with van der Waals surface area (Å²) >= 11 is 5.79. The number of ether oxygens (including phenoxy) is 1. The van der Waals surface area contributed by atoms with Crippen LogP contribution in [-0.4, -0.2) is 18.4 Å². The van der Waals surface area contributed by atoms with Crippen LogP contribution in [0.4, 0.5) is 0 Å². The molecule has 0 unspecified atom stereocenters. The molecule has 2 aromatic carbocycles. The standard InChI is InChI=1S/C17H17ClN2O3/c1-2-11-22-15-9-5-13(6-10-15)17(21)23-20-16(19)12-3-7-14(18)8-4-12/h3-10H,2,11H2,1H3,(H2,19,20). The second-order valence-electron chi connectivity index (χ2n) is 4.74. The van der Waals surface area contributed by atoms with Gasteiger partial charge < -0.3 is 15.3 Å². The Morgan fingerprint density at radius 2 is 1.70 bits per heavy atom. The lowest BCUT2D eigenvalue weighted by Crippen LogP contribution is -2.15.